The Bertz CT molecular complexity index is 1060. The van der Waals surface area contributed by atoms with Gasteiger partial charge in [-0.2, -0.15) is 0 Å². The Hall–Kier alpha value is -2.05. The summed E-state index contributed by atoms with van der Waals surface area (Å²) >= 11 is 1.77. The molecule has 0 amide bonds. The zero-order valence-electron chi connectivity index (χ0n) is 16.4. The molecular formula is C21H26N2O2S2. The number of anilines is 2. The van der Waals surface area contributed by atoms with Crippen molar-refractivity contribution < 1.29 is 8.42 Å². The summed E-state index contributed by atoms with van der Waals surface area (Å²) in [4.78, 5) is 0. The Morgan fingerprint density at radius 1 is 1.04 bits per heavy atom. The van der Waals surface area contributed by atoms with Gasteiger partial charge in [0.05, 0.1) is 4.75 Å². The minimum absolute atomic E-state index is 0.584. The molecule has 4 nitrogen and oxygen atoms in total. The van der Waals surface area contributed by atoms with Gasteiger partial charge in [0.25, 0.3) is 0 Å². The van der Waals surface area contributed by atoms with Gasteiger partial charge < -0.3 is 5.32 Å². The molecule has 0 spiro atoms. The Morgan fingerprint density at radius 2 is 1.70 bits per heavy atom. The van der Waals surface area contributed by atoms with E-state index in [1.54, 1.807) is 44.2 Å². The van der Waals surface area contributed by atoms with Crippen LogP contribution in [0.4, 0.5) is 11.4 Å². The van der Waals surface area contributed by atoms with Gasteiger partial charge in [-0.1, -0.05) is 12.1 Å². The van der Waals surface area contributed by atoms with Crippen LogP contribution in [-0.2, 0) is 16.6 Å². The van der Waals surface area contributed by atoms with E-state index in [0.29, 0.717) is 12.2 Å². The number of thiophene rings is 1. The van der Waals surface area contributed by atoms with Crippen molar-refractivity contribution in [1.82, 2.24) is 0 Å². The summed E-state index contributed by atoms with van der Waals surface area (Å²) < 4.78 is 27.6. The minimum atomic E-state index is -3.41. The summed E-state index contributed by atoms with van der Waals surface area (Å²) in [6, 6.07) is 11.9. The van der Waals surface area contributed by atoms with Crippen molar-refractivity contribution in [3.8, 4) is 0 Å². The summed E-state index contributed by atoms with van der Waals surface area (Å²) in [5, 5.41) is 6.96. The van der Waals surface area contributed by atoms with Crippen LogP contribution in [-0.4, -0.2) is 13.2 Å². The van der Waals surface area contributed by atoms with Gasteiger partial charge in [0, 0.05) is 22.6 Å². The monoisotopic (exact) mass is 402 g/mol. The van der Waals surface area contributed by atoms with Gasteiger partial charge in [-0.15, -0.1) is 11.3 Å². The molecule has 2 N–H and O–H groups in total. The average Bonchev–Trinajstić information content (AvgIpc) is 3.07. The third kappa shape index (κ3) is 4.12. The average molecular weight is 403 g/mol. The minimum Gasteiger partial charge on any atom is -0.381 e. The first-order chi connectivity index (χ1) is 12.6. The van der Waals surface area contributed by atoms with E-state index in [9.17, 15) is 8.42 Å². The van der Waals surface area contributed by atoms with Gasteiger partial charge in [-0.3, -0.25) is 4.72 Å². The van der Waals surface area contributed by atoms with Crippen LogP contribution in [0.2, 0.25) is 0 Å². The van der Waals surface area contributed by atoms with Crippen LogP contribution >= 0.6 is 11.3 Å². The molecule has 3 aromatic rings. The van der Waals surface area contributed by atoms with Crippen molar-refractivity contribution in [3.63, 3.8) is 0 Å². The molecule has 1 heterocycles. The second-order valence-corrected chi connectivity index (χ2v) is 11.1. The maximum atomic E-state index is 12.2. The fourth-order valence-electron chi connectivity index (χ4n) is 2.81. The van der Waals surface area contributed by atoms with Gasteiger partial charge in [-0.25, -0.2) is 8.42 Å². The van der Waals surface area contributed by atoms with Crippen LogP contribution in [0.5, 0.6) is 0 Å². The lowest BCUT2D eigenvalue weighted by Gasteiger charge is -2.20. The molecular weight excluding hydrogens is 376 g/mol. The zero-order chi connectivity index (χ0) is 19.8. The second-order valence-electron chi connectivity index (χ2n) is 7.80. The second kappa shape index (κ2) is 7.17. The lowest BCUT2D eigenvalue weighted by Crippen LogP contribution is -2.33. The molecule has 1 aromatic heterocycles. The molecule has 3 rings (SSSR count). The molecule has 0 aliphatic rings. The van der Waals surface area contributed by atoms with Gasteiger partial charge in [-0.05, 0) is 86.3 Å². The van der Waals surface area contributed by atoms with Crippen molar-refractivity contribution in [2.75, 3.05) is 10.0 Å². The van der Waals surface area contributed by atoms with Gasteiger partial charge >= 0.3 is 0 Å². The molecule has 0 aliphatic carbocycles. The Balaban J connectivity index is 1.72. The van der Waals surface area contributed by atoms with Crippen LogP contribution in [0.1, 0.15) is 37.5 Å². The highest BCUT2D eigenvalue weighted by atomic mass is 32.2. The summed E-state index contributed by atoms with van der Waals surface area (Å²) in [6.45, 7) is 10.0. The van der Waals surface area contributed by atoms with Crippen molar-refractivity contribution in [1.29, 1.82) is 0 Å². The summed E-state index contributed by atoms with van der Waals surface area (Å²) in [5.41, 5.74) is 5.35. The van der Waals surface area contributed by atoms with E-state index in [4.69, 9.17) is 0 Å². The van der Waals surface area contributed by atoms with Gasteiger partial charge in [0.2, 0.25) is 10.0 Å². The van der Waals surface area contributed by atoms with Crippen LogP contribution < -0.4 is 10.0 Å². The van der Waals surface area contributed by atoms with Gasteiger partial charge in [0.15, 0.2) is 0 Å². The largest absolute Gasteiger partial charge is 0.381 e. The normalized spacial score (nSPS) is 12.3. The molecule has 0 saturated carbocycles. The lowest BCUT2D eigenvalue weighted by atomic mass is 10.1. The number of hydrogen-bond acceptors (Lipinski definition) is 4. The lowest BCUT2D eigenvalue weighted by molar-refractivity contribution is 0.566. The molecule has 0 atom stereocenters. The van der Waals surface area contributed by atoms with Crippen molar-refractivity contribution in [3.05, 3.63) is 58.5 Å². The van der Waals surface area contributed by atoms with E-state index in [2.05, 4.69) is 41.4 Å². The highest BCUT2D eigenvalue weighted by Gasteiger charge is 2.28. The number of benzene rings is 2. The third-order valence-corrected chi connectivity index (χ3v) is 7.84. The quantitative estimate of drug-likeness (QED) is 0.578. The topological polar surface area (TPSA) is 58.2 Å². The van der Waals surface area contributed by atoms with Crippen LogP contribution in [0.3, 0.4) is 0 Å². The third-order valence-electron chi connectivity index (χ3n) is 4.69. The van der Waals surface area contributed by atoms with Crippen LogP contribution in [0.15, 0.2) is 41.8 Å². The molecule has 2 aromatic carbocycles. The summed E-state index contributed by atoms with van der Waals surface area (Å²) in [5.74, 6) is 0. The number of sulfonamides is 1. The highest BCUT2D eigenvalue weighted by Crippen LogP contribution is 2.33. The van der Waals surface area contributed by atoms with E-state index in [1.165, 1.54) is 21.2 Å². The van der Waals surface area contributed by atoms with E-state index >= 15 is 0 Å². The van der Waals surface area contributed by atoms with Crippen LogP contribution in [0.25, 0.3) is 10.1 Å². The van der Waals surface area contributed by atoms with Crippen molar-refractivity contribution >= 4 is 42.8 Å². The first kappa shape index (κ1) is 19.7. The maximum Gasteiger partial charge on any atom is 0.237 e. The number of fused-ring (bicyclic) bond motifs is 1. The number of nitrogens with one attached hydrogen (secondary N) is 2. The van der Waals surface area contributed by atoms with E-state index in [1.807, 2.05) is 12.1 Å². The highest BCUT2D eigenvalue weighted by molar-refractivity contribution is 7.94. The maximum absolute atomic E-state index is 12.2. The standard InChI is InChI=1S/C21H26N2O2S2/c1-14-12-19(15(2)20-18(14)10-11-26-20)22-13-16-6-8-17(9-7-16)23-27(24,25)21(3,4)5/h6-12,22-23H,13H2,1-5H3. The molecule has 0 fully saturated rings. The predicted molar refractivity (Wildman–Crippen MR) is 117 cm³/mol. The molecule has 144 valence electrons. The van der Waals surface area contributed by atoms with Crippen LogP contribution in [0, 0.1) is 13.8 Å². The molecule has 0 bridgehead atoms. The van der Waals surface area contributed by atoms with Crippen molar-refractivity contribution in [2.45, 2.75) is 45.9 Å². The van der Waals surface area contributed by atoms with E-state index in [0.717, 1.165) is 11.3 Å². The molecule has 0 saturated heterocycles. The Labute approximate surface area is 165 Å². The number of aryl methyl sites for hydroxylation is 2. The zero-order valence-corrected chi connectivity index (χ0v) is 18.0. The molecule has 6 heteroatoms. The fourth-order valence-corrected chi connectivity index (χ4v) is 4.55. The Morgan fingerprint density at radius 3 is 2.33 bits per heavy atom. The fraction of sp³-hybridized carbons (Fsp3) is 0.333. The molecule has 0 radical (unpaired) electrons. The molecule has 0 unspecified atom stereocenters. The predicted octanol–water partition coefficient (Wildman–Crippen LogP) is 5.67. The summed E-state index contributed by atoms with van der Waals surface area (Å²) in [6.07, 6.45) is 0. The van der Waals surface area contributed by atoms with E-state index < -0.39 is 14.8 Å². The molecule has 0 aliphatic heterocycles. The number of rotatable bonds is 5. The van der Waals surface area contributed by atoms with E-state index in [-0.39, 0.29) is 0 Å². The van der Waals surface area contributed by atoms with Gasteiger partial charge in [0.1, 0.15) is 0 Å². The smallest absolute Gasteiger partial charge is 0.237 e. The number of hydrogen-bond donors (Lipinski definition) is 2. The van der Waals surface area contributed by atoms with Crippen molar-refractivity contribution in [2.24, 2.45) is 0 Å². The SMILES string of the molecule is Cc1cc(NCc2ccc(NS(=O)(=O)C(C)(C)C)cc2)c(C)c2sccc12. The Kier molecular flexibility index (Phi) is 5.23. The summed E-state index contributed by atoms with van der Waals surface area (Å²) in [7, 11) is -3.41. The first-order valence-electron chi connectivity index (χ1n) is 8.91. The first-order valence-corrected chi connectivity index (χ1v) is 11.3. The molecule has 27 heavy (non-hydrogen) atoms.